The lowest BCUT2D eigenvalue weighted by molar-refractivity contribution is 0.455. The molecule has 0 amide bonds. The summed E-state index contributed by atoms with van der Waals surface area (Å²) in [6.07, 6.45) is 4.82. The van der Waals surface area contributed by atoms with Gasteiger partial charge in [0.1, 0.15) is 11.5 Å². The first-order valence-electron chi connectivity index (χ1n) is 6.17. The van der Waals surface area contributed by atoms with E-state index in [2.05, 4.69) is 15.0 Å². The van der Waals surface area contributed by atoms with Crippen LogP contribution in [0.1, 0.15) is 5.82 Å². The topological polar surface area (TPSA) is 109 Å². The fourth-order valence-electron chi connectivity index (χ4n) is 2.08. The van der Waals surface area contributed by atoms with Gasteiger partial charge in [-0.05, 0) is 12.1 Å². The second kappa shape index (κ2) is 4.86. The standard InChI is InChI=1S/C12H14N6O2S/c1-17(8-9-14-5-6-15-9)21(19,20)12-11(13)16-10-4-2-3-7-18(10)12/h2-7H,8,13H2,1H3,(H,14,15). The van der Waals surface area contributed by atoms with Gasteiger partial charge in [0, 0.05) is 25.6 Å². The van der Waals surface area contributed by atoms with Crippen molar-refractivity contribution in [1.29, 1.82) is 0 Å². The van der Waals surface area contributed by atoms with Gasteiger partial charge in [0.15, 0.2) is 10.8 Å². The molecule has 21 heavy (non-hydrogen) atoms. The van der Waals surface area contributed by atoms with Crippen LogP contribution in [0.3, 0.4) is 0 Å². The molecule has 0 bridgehead atoms. The molecule has 8 nitrogen and oxygen atoms in total. The monoisotopic (exact) mass is 306 g/mol. The Morgan fingerprint density at radius 3 is 2.95 bits per heavy atom. The fourth-order valence-corrected chi connectivity index (χ4v) is 3.38. The van der Waals surface area contributed by atoms with E-state index < -0.39 is 10.0 Å². The first kappa shape index (κ1) is 13.6. The summed E-state index contributed by atoms with van der Waals surface area (Å²) < 4.78 is 28.0. The number of hydrogen-bond donors (Lipinski definition) is 2. The van der Waals surface area contributed by atoms with Gasteiger partial charge in [-0.2, -0.15) is 4.31 Å². The Morgan fingerprint density at radius 1 is 1.43 bits per heavy atom. The molecule has 0 aromatic carbocycles. The summed E-state index contributed by atoms with van der Waals surface area (Å²) >= 11 is 0. The Hall–Kier alpha value is -2.39. The quantitative estimate of drug-likeness (QED) is 0.727. The number of anilines is 1. The van der Waals surface area contributed by atoms with Gasteiger partial charge in [0.05, 0.1) is 6.54 Å². The maximum atomic E-state index is 12.7. The number of nitrogens with one attached hydrogen (secondary N) is 1. The molecule has 3 heterocycles. The van der Waals surface area contributed by atoms with Gasteiger partial charge in [-0.15, -0.1) is 0 Å². The van der Waals surface area contributed by atoms with E-state index in [9.17, 15) is 8.42 Å². The van der Waals surface area contributed by atoms with Crippen molar-refractivity contribution in [2.45, 2.75) is 11.6 Å². The van der Waals surface area contributed by atoms with Crippen LogP contribution in [0.5, 0.6) is 0 Å². The molecule has 0 radical (unpaired) electrons. The number of nitrogens with two attached hydrogens (primary N) is 1. The highest BCUT2D eigenvalue weighted by atomic mass is 32.2. The summed E-state index contributed by atoms with van der Waals surface area (Å²) in [7, 11) is -2.31. The number of fused-ring (bicyclic) bond motifs is 1. The van der Waals surface area contributed by atoms with Gasteiger partial charge in [-0.3, -0.25) is 4.40 Å². The summed E-state index contributed by atoms with van der Waals surface area (Å²) in [5.74, 6) is 0.529. The van der Waals surface area contributed by atoms with Gasteiger partial charge >= 0.3 is 0 Å². The van der Waals surface area contributed by atoms with Crippen LogP contribution < -0.4 is 5.73 Å². The van der Waals surface area contributed by atoms with Crippen LogP contribution in [0.4, 0.5) is 5.82 Å². The third-order valence-corrected chi connectivity index (χ3v) is 4.94. The molecule has 110 valence electrons. The number of aromatic nitrogens is 4. The Kier molecular flexibility index (Phi) is 3.15. The molecule has 3 N–H and O–H groups in total. The zero-order valence-electron chi connectivity index (χ0n) is 11.3. The number of aromatic amines is 1. The fraction of sp³-hybridized carbons (Fsp3) is 0.167. The van der Waals surface area contributed by atoms with Crippen LogP contribution in [0.2, 0.25) is 0 Å². The molecule has 3 aromatic rings. The zero-order chi connectivity index (χ0) is 15.0. The highest BCUT2D eigenvalue weighted by Crippen LogP contribution is 2.23. The van der Waals surface area contributed by atoms with E-state index in [1.165, 1.54) is 15.8 Å². The van der Waals surface area contributed by atoms with Crippen LogP contribution in [-0.2, 0) is 16.6 Å². The van der Waals surface area contributed by atoms with Crippen molar-refractivity contribution < 1.29 is 8.42 Å². The molecule has 0 aliphatic heterocycles. The number of sulfonamides is 1. The normalized spacial score (nSPS) is 12.3. The average Bonchev–Trinajstić information content (AvgIpc) is 3.04. The third kappa shape index (κ3) is 2.26. The largest absolute Gasteiger partial charge is 0.381 e. The second-order valence-electron chi connectivity index (χ2n) is 4.53. The first-order valence-corrected chi connectivity index (χ1v) is 7.61. The third-order valence-electron chi connectivity index (χ3n) is 3.09. The smallest absolute Gasteiger partial charge is 0.263 e. The molecule has 0 fully saturated rings. The highest BCUT2D eigenvalue weighted by molar-refractivity contribution is 7.89. The minimum atomic E-state index is -3.78. The molecule has 9 heteroatoms. The number of H-pyrrole nitrogens is 1. The van der Waals surface area contributed by atoms with E-state index in [0.717, 1.165) is 0 Å². The number of hydrogen-bond acceptors (Lipinski definition) is 5. The van der Waals surface area contributed by atoms with Gasteiger partial charge in [0.25, 0.3) is 10.0 Å². The average molecular weight is 306 g/mol. The molecule has 0 atom stereocenters. The minimum Gasteiger partial charge on any atom is -0.381 e. The summed E-state index contributed by atoms with van der Waals surface area (Å²) in [6.45, 7) is 0.120. The summed E-state index contributed by atoms with van der Waals surface area (Å²) in [5.41, 5.74) is 6.28. The molecular weight excluding hydrogens is 292 g/mol. The zero-order valence-corrected chi connectivity index (χ0v) is 12.1. The van der Waals surface area contributed by atoms with Crippen molar-refractivity contribution in [3.05, 3.63) is 42.6 Å². The number of nitrogen functional groups attached to an aromatic ring is 1. The lowest BCUT2D eigenvalue weighted by atomic mass is 10.5. The molecule has 0 saturated carbocycles. The molecule has 3 aromatic heterocycles. The van der Waals surface area contributed by atoms with Gasteiger partial charge in [0.2, 0.25) is 0 Å². The van der Waals surface area contributed by atoms with E-state index in [4.69, 9.17) is 5.73 Å². The predicted octanol–water partition coefficient (Wildman–Crippen LogP) is 0.460. The maximum Gasteiger partial charge on any atom is 0.263 e. The Morgan fingerprint density at radius 2 is 2.24 bits per heavy atom. The maximum absolute atomic E-state index is 12.7. The Balaban J connectivity index is 2.06. The van der Waals surface area contributed by atoms with Crippen LogP contribution in [0, 0.1) is 0 Å². The van der Waals surface area contributed by atoms with Crippen molar-refractivity contribution in [3.63, 3.8) is 0 Å². The number of imidazole rings is 2. The lowest BCUT2D eigenvalue weighted by Gasteiger charge is -2.15. The predicted molar refractivity (Wildman–Crippen MR) is 76.8 cm³/mol. The number of rotatable bonds is 4. The second-order valence-corrected chi connectivity index (χ2v) is 6.49. The molecule has 0 spiro atoms. The molecule has 0 aliphatic carbocycles. The van der Waals surface area contributed by atoms with E-state index >= 15 is 0 Å². The van der Waals surface area contributed by atoms with Crippen molar-refractivity contribution in [2.75, 3.05) is 12.8 Å². The number of pyridine rings is 1. The van der Waals surface area contributed by atoms with E-state index in [-0.39, 0.29) is 17.4 Å². The molecule has 0 aliphatic rings. The number of nitrogens with zero attached hydrogens (tertiary/aromatic N) is 4. The van der Waals surface area contributed by atoms with Crippen molar-refractivity contribution >= 4 is 21.5 Å². The molecular formula is C12H14N6O2S. The van der Waals surface area contributed by atoms with E-state index in [1.807, 2.05) is 0 Å². The van der Waals surface area contributed by atoms with Crippen LogP contribution in [0.25, 0.3) is 5.65 Å². The molecule has 3 rings (SSSR count). The van der Waals surface area contributed by atoms with Crippen LogP contribution >= 0.6 is 0 Å². The van der Waals surface area contributed by atoms with Crippen molar-refractivity contribution in [1.82, 2.24) is 23.7 Å². The first-order chi connectivity index (χ1) is 10.00. The highest BCUT2D eigenvalue weighted by Gasteiger charge is 2.28. The van der Waals surface area contributed by atoms with Crippen molar-refractivity contribution in [3.8, 4) is 0 Å². The van der Waals surface area contributed by atoms with Crippen molar-refractivity contribution in [2.24, 2.45) is 0 Å². The summed E-state index contributed by atoms with van der Waals surface area (Å²) in [6, 6.07) is 5.19. The lowest BCUT2D eigenvalue weighted by Crippen LogP contribution is -2.28. The van der Waals surface area contributed by atoms with Gasteiger partial charge in [-0.1, -0.05) is 6.07 Å². The SMILES string of the molecule is CN(Cc1ncc[nH]1)S(=O)(=O)c1c(N)nc2ccccn12. The van der Waals surface area contributed by atoms with Gasteiger partial charge in [-0.25, -0.2) is 18.4 Å². The van der Waals surface area contributed by atoms with E-state index in [1.54, 1.807) is 36.8 Å². The minimum absolute atomic E-state index is 0.0208. The summed E-state index contributed by atoms with van der Waals surface area (Å²) in [4.78, 5) is 11.0. The van der Waals surface area contributed by atoms with Gasteiger partial charge < -0.3 is 10.7 Å². The Labute approximate surface area is 121 Å². The van der Waals surface area contributed by atoms with Crippen LogP contribution in [0.15, 0.2) is 41.8 Å². The van der Waals surface area contributed by atoms with E-state index in [0.29, 0.717) is 11.5 Å². The summed E-state index contributed by atoms with van der Waals surface area (Å²) in [5, 5.41) is -0.0350. The molecule has 0 saturated heterocycles. The van der Waals surface area contributed by atoms with Crippen LogP contribution in [-0.4, -0.2) is 39.1 Å². The molecule has 0 unspecified atom stereocenters. The Bertz CT molecular complexity index is 868.